The van der Waals surface area contributed by atoms with E-state index in [1.54, 1.807) is 11.3 Å². The summed E-state index contributed by atoms with van der Waals surface area (Å²) in [6.07, 6.45) is 8.33. The Morgan fingerprint density at radius 2 is 1.09 bits per heavy atom. The fourth-order valence-electron chi connectivity index (χ4n) is 10.1. The fourth-order valence-corrected chi connectivity index (χ4v) is 12.3. The second-order valence-corrected chi connectivity index (χ2v) is 24.1. The monoisotopic (exact) mass is 1140 g/mol. The largest absolute Gasteiger partial charge is 0.748 e. The summed E-state index contributed by atoms with van der Waals surface area (Å²) in [5, 5.41) is 0.879. The Morgan fingerprint density at radius 1 is 0.568 bits per heavy atom. The third-order valence-corrected chi connectivity index (χ3v) is 16.7. The van der Waals surface area contributed by atoms with E-state index < -0.39 is 31.7 Å². The number of hydrogen-bond donors (Lipinski definition) is 0. The van der Waals surface area contributed by atoms with Crippen LogP contribution in [-0.2, 0) is 33.3 Å². The molecule has 2 aromatic heterocycles. The van der Waals surface area contributed by atoms with Crippen LogP contribution in [0.15, 0.2) is 203 Å². The molecule has 13 nitrogen and oxygen atoms in total. The molecular weight excluding hydrogens is 1080 g/mol. The summed E-state index contributed by atoms with van der Waals surface area (Å²) in [6, 6.07) is 55.5. The van der Waals surface area contributed by atoms with Crippen molar-refractivity contribution < 1.29 is 49.0 Å². The van der Waals surface area contributed by atoms with Crippen LogP contribution in [-0.4, -0.2) is 50.5 Å². The lowest BCUT2D eigenvalue weighted by Gasteiger charge is -2.19. The predicted molar refractivity (Wildman–Crippen MR) is 321 cm³/mol. The first-order chi connectivity index (χ1) is 39.0. The SMILES string of the molecule is CC(/C=C1\Oc2ccc(-c3ccccc3)cc2N1CCCS(=O)(=O)[O-])=C\c1sc2ccc(C)cc2[n+]1CCCS(=O)(=O)[O-].CCN1/C(=C/C(C)=C/c2oc3ccc(-c4ccccc4)cc3[n+]2CC)Oc2ccc(-c3ccccc3)cc21. The van der Waals surface area contributed by atoms with E-state index in [1.807, 2.05) is 114 Å². The van der Waals surface area contributed by atoms with E-state index in [-0.39, 0.29) is 19.4 Å². The molecule has 0 spiro atoms. The minimum Gasteiger partial charge on any atom is -0.748 e. The van der Waals surface area contributed by atoms with E-state index in [0.717, 1.165) is 96.1 Å². The number of thiazole rings is 1. The number of aromatic nitrogens is 2. The highest BCUT2D eigenvalue weighted by Crippen LogP contribution is 2.43. The smallest absolute Gasteiger partial charge is 0.374 e. The molecule has 0 saturated carbocycles. The zero-order valence-corrected chi connectivity index (χ0v) is 48.2. The molecule has 414 valence electrons. The number of anilines is 2. The molecular formula is C65H62N4O9S3. The summed E-state index contributed by atoms with van der Waals surface area (Å²) < 4.78 is 91.8. The number of oxazole rings is 1. The lowest BCUT2D eigenvalue weighted by atomic mass is 10.0. The quantitative estimate of drug-likeness (QED) is 0.0630. The van der Waals surface area contributed by atoms with Gasteiger partial charge in [-0.05, 0) is 128 Å². The van der Waals surface area contributed by atoms with Gasteiger partial charge in [0.05, 0.1) is 37.7 Å². The van der Waals surface area contributed by atoms with Crippen LogP contribution in [0.25, 0.3) is 66.8 Å². The number of benzene rings is 7. The van der Waals surface area contributed by atoms with Gasteiger partial charge in [-0.3, -0.25) is 0 Å². The zero-order chi connectivity index (χ0) is 56.8. The molecule has 9 aromatic rings. The third kappa shape index (κ3) is 13.4. The summed E-state index contributed by atoms with van der Waals surface area (Å²) in [5.74, 6) is 2.72. The molecule has 0 atom stereocenters. The zero-order valence-electron chi connectivity index (χ0n) is 45.7. The van der Waals surface area contributed by atoms with Crippen LogP contribution in [0.4, 0.5) is 11.4 Å². The highest BCUT2D eigenvalue weighted by molar-refractivity contribution is 7.85. The Morgan fingerprint density at radius 3 is 1.64 bits per heavy atom. The first kappa shape index (κ1) is 56.2. The molecule has 0 fully saturated rings. The number of hydrogen-bond acceptors (Lipinski definition) is 12. The lowest BCUT2D eigenvalue weighted by Crippen LogP contribution is -2.36. The van der Waals surface area contributed by atoms with Gasteiger partial charge < -0.3 is 32.8 Å². The number of aryl methyl sites for hydroxylation is 3. The van der Waals surface area contributed by atoms with Crippen LogP contribution in [0.3, 0.4) is 0 Å². The van der Waals surface area contributed by atoms with Gasteiger partial charge in [0, 0.05) is 61.4 Å². The summed E-state index contributed by atoms with van der Waals surface area (Å²) >= 11 is 1.56. The van der Waals surface area contributed by atoms with E-state index >= 15 is 0 Å². The average Bonchev–Trinajstić information content (AvgIpc) is 4.38. The van der Waals surface area contributed by atoms with Crippen LogP contribution in [0.2, 0.25) is 0 Å². The number of allylic oxidation sites excluding steroid dienone is 4. The second-order valence-electron chi connectivity index (χ2n) is 20.0. The van der Waals surface area contributed by atoms with Gasteiger partial charge in [-0.15, -0.1) is 0 Å². The topological polar surface area (TPSA) is 160 Å². The first-order valence-electron chi connectivity index (χ1n) is 26.9. The van der Waals surface area contributed by atoms with Gasteiger partial charge in [0.2, 0.25) is 22.9 Å². The molecule has 16 heteroatoms. The molecule has 7 aromatic carbocycles. The van der Waals surface area contributed by atoms with Crippen LogP contribution < -0.4 is 28.4 Å². The van der Waals surface area contributed by atoms with Gasteiger partial charge >= 0.3 is 5.89 Å². The molecule has 81 heavy (non-hydrogen) atoms. The number of nitrogens with zero attached hydrogens (tertiary/aromatic N) is 4. The molecule has 0 bridgehead atoms. The molecule has 0 radical (unpaired) electrons. The van der Waals surface area contributed by atoms with Crippen molar-refractivity contribution in [2.75, 3.05) is 34.4 Å². The number of fused-ring (bicyclic) bond motifs is 4. The molecule has 0 unspecified atom stereocenters. The molecule has 0 amide bonds. The molecule has 0 N–H and O–H groups in total. The summed E-state index contributed by atoms with van der Waals surface area (Å²) in [6.45, 7) is 12.5. The average molecular weight is 1140 g/mol. The van der Waals surface area contributed by atoms with E-state index in [9.17, 15) is 25.9 Å². The third-order valence-electron chi connectivity index (χ3n) is 14.0. The maximum atomic E-state index is 11.3. The van der Waals surface area contributed by atoms with E-state index in [4.69, 9.17) is 13.9 Å². The van der Waals surface area contributed by atoms with Gasteiger partial charge in [0.1, 0.15) is 11.2 Å². The lowest BCUT2D eigenvalue weighted by molar-refractivity contribution is -0.674. The molecule has 2 aliphatic heterocycles. The Labute approximate surface area is 477 Å². The predicted octanol–water partition coefficient (Wildman–Crippen LogP) is 13.4. The van der Waals surface area contributed by atoms with Gasteiger partial charge in [-0.1, -0.05) is 127 Å². The van der Waals surface area contributed by atoms with Crippen LogP contribution in [0.5, 0.6) is 11.5 Å². The maximum Gasteiger partial charge on any atom is 0.374 e. The van der Waals surface area contributed by atoms with Gasteiger partial charge in [-0.2, -0.15) is 9.13 Å². The van der Waals surface area contributed by atoms with Crippen molar-refractivity contribution in [3.63, 3.8) is 0 Å². The van der Waals surface area contributed by atoms with Gasteiger partial charge in [-0.25, -0.2) is 16.8 Å². The molecule has 0 saturated heterocycles. The molecule has 4 heterocycles. The van der Waals surface area contributed by atoms with Crippen molar-refractivity contribution in [2.45, 2.75) is 60.5 Å². The Hall–Kier alpha value is -8.12. The number of ether oxygens (including phenoxy) is 2. The highest BCUT2D eigenvalue weighted by atomic mass is 32.2. The van der Waals surface area contributed by atoms with Crippen molar-refractivity contribution in [1.29, 1.82) is 0 Å². The summed E-state index contributed by atoms with van der Waals surface area (Å²) in [4.78, 5) is 4.10. The Balaban J connectivity index is 0.000000183. The van der Waals surface area contributed by atoms with Crippen LogP contribution in [0, 0.1) is 6.92 Å². The normalized spacial score (nSPS) is 14.6. The van der Waals surface area contributed by atoms with Crippen LogP contribution >= 0.6 is 11.3 Å². The molecule has 0 aliphatic carbocycles. The number of rotatable bonds is 17. The summed E-state index contributed by atoms with van der Waals surface area (Å²) in [7, 11) is -8.70. The van der Waals surface area contributed by atoms with Crippen molar-refractivity contribution >= 4 is 76.4 Å². The van der Waals surface area contributed by atoms with Crippen molar-refractivity contribution in [3.8, 4) is 44.9 Å². The van der Waals surface area contributed by atoms with Gasteiger partial charge in [0.25, 0.3) is 10.5 Å². The minimum atomic E-state index is -4.37. The summed E-state index contributed by atoms with van der Waals surface area (Å²) in [5.41, 5.74) is 14.5. The Kier molecular flexibility index (Phi) is 16.9. The minimum absolute atomic E-state index is 0.128. The van der Waals surface area contributed by atoms with Gasteiger partial charge in [0.15, 0.2) is 18.0 Å². The van der Waals surface area contributed by atoms with E-state index in [2.05, 4.69) is 127 Å². The van der Waals surface area contributed by atoms with Crippen molar-refractivity contribution in [2.24, 2.45) is 0 Å². The molecule has 2 aliphatic rings. The van der Waals surface area contributed by atoms with Crippen LogP contribution in [0.1, 0.15) is 57.0 Å². The maximum absolute atomic E-state index is 11.3. The first-order valence-corrected chi connectivity index (χ1v) is 30.9. The van der Waals surface area contributed by atoms with E-state index in [0.29, 0.717) is 18.2 Å². The standard InChI is InChI=1S/C34H31N2O2.C31H32N2O7S3/c1-4-35-29-22-27(25-12-8-6-9-13-25)16-18-31(29)37-33(35)20-24(3)21-34-36(5-2)30-23-28(17-19-32(30)38-34)26-14-10-7-11-15-26;1-22-10-13-29-27(18-22)33(15-7-17-43(37,38)39)31(41-29)20-23(2)19-30-32(14-6-16-42(34,35)36)26-21-25(11-12-28(26)40-30)24-8-4-3-5-9-24/h6-23H,4-5H2,1-3H3;3-5,8-13,18-21H,6-7,14-17H2,1-2H3,(H-,34,35,36,37,38,39)/q+1;/p-1. The highest BCUT2D eigenvalue weighted by Gasteiger charge is 2.29. The second kappa shape index (κ2) is 24.3. The fraction of sp³-hybridized carbons (Fsp3) is 0.200. The van der Waals surface area contributed by atoms with Crippen molar-refractivity contribution in [3.05, 3.63) is 215 Å². The Bertz CT molecular complexity index is 4130. The molecule has 11 rings (SSSR count). The van der Waals surface area contributed by atoms with Crippen molar-refractivity contribution in [1.82, 2.24) is 0 Å². The van der Waals surface area contributed by atoms with E-state index in [1.165, 1.54) is 22.3 Å².